The number of carbonyl (C=O) groups excluding carboxylic acids is 1. The number of rotatable bonds is 4. The molecule has 2 atom stereocenters. The second-order valence-electron chi connectivity index (χ2n) is 5.36. The van der Waals surface area contributed by atoms with E-state index in [-0.39, 0.29) is 18.0 Å². The molecule has 1 aliphatic heterocycles. The van der Waals surface area contributed by atoms with E-state index in [2.05, 4.69) is 23.6 Å². The first kappa shape index (κ1) is 12.9. The number of hydrogen-bond donors (Lipinski definition) is 2. The van der Waals surface area contributed by atoms with E-state index >= 15 is 0 Å². The third-order valence-corrected chi connectivity index (χ3v) is 3.58. The topological polar surface area (TPSA) is 54.3 Å². The molecule has 104 valence electrons. The number of carbonyl (C=O) groups is 1. The van der Waals surface area contributed by atoms with E-state index in [1.54, 1.807) is 6.26 Å². The standard InChI is InChI=1S/C16H18N2O2/c1-10-5-6-14-13(8-10)15(16(19)18-14)17-11(2)9-12-4-3-7-20-12/h3-8,11,15,17H,9H2,1-2H3,(H,18,19). The van der Waals surface area contributed by atoms with Crippen molar-refractivity contribution in [2.24, 2.45) is 0 Å². The Balaban J connectivity index is 1.74. The molecule has 20 heavy (non-hydrogen) atoms. The Morgan fingerprint density at radius 1 is 1.40 bits per heavy atom. The van der Waals surface area contributed by atoms with Gasteiger partial charge in [0.05, 0.1) is 6.26 Å². The maximum absolute atomic E-state index is 12.1. The van der Waals surface area contributed by atoms with Crippen LogP contribution in [0.5, 0.6) is 0 Å². The molecule has 2 heterocycles. The lowest BCUT2D eigenvalue weighted by molar-refractivity contribution is -0.117. The van der Waals surface area contributed by atoms with Crippen LogP contribution in [0, 0.1) is 6.92 Å². The third kappa shape index (κ3) is 2.47. The van der Waals surface area contributed by atoms with E-state index < -0.39 is 0 Å². The van der Waals surface area contributed by atoms with Gasteiger partial charge < -0.3 is 9.73 Å². The van der Waals surface area contributed by atoms with E-state index in [1.807, 2.05) is 31.2 Å². The molecule has 0 saturated carbocycles. The van der Waals surface area contributed by atoms with Crippen molar-refractivity contribution in [1.82, 2.24) is 5.32 Å². The maximum atomic E-state index is 12.1. The third-order valence-electron chi connectivity index (χ3n) is 3.58. The van der Waals surface area contributed by atoms with Gasteiger partial charge in [0.2, 0.25) is 5.91 Å². The number of aryl methyl sites for hydroxylation is 1. The Labute approximate surface area is 118 Å². The van der Waals surface area contributed by atoms with E-state index in [0.29, 0.717) is 0 Å². The molecule has 1 amide bonds. The highest BCUT2D eigenvalue weighted by Gasteiger charge is 2.31. The van der Waals surface area contributed by atoms with Crippen LogP contribution in [0.1, 0.15) is 29.9 Å². The van der Waals surface area contributed by atoms with E-state index in [4.69, 9.17) is 4.42 Å². The van der Waals surface area contributed by atoms with Gasteiger partial charge in [-0.05, 0) is 32.0 Å². The Bertz CT molecular complexity index is 619. The van der Waals surface area contributed by atoms with Crippen molar-refractivity contribution in [2.75, 3.05) is 5.32 Å². The molecule has 1 aromatic carbocycles. The van der Waals surface area contributed by atoms with Crippen LogP contribution in [0.4, 0.5) is 5.69 Å². The number of nitrogens with one attached hydrogen (secondary N) is 2. The first-order valence-electron chi connectivity index (χ1n) is 6.83. The van der Waals surface area contributed by atoms with Crippen molar-refractivity contribution in [2.45, 2.75) is 32.4 Å². The number of hydrogen-bond acceptors (Lipinski definition) is 3. The zero-order valence-corrected chi connectivity index (χ0v) is 11.6. The molecule has 1 aliphatic rings. The van der Waals surface area contributed by atoms with Gasteiger partial charge in [0, 0.05) is 23.7 Å². The molecule has 0 fully saturated rings. The number of furan rings is 1. The zero-order valence-electron chi connectivity index (χ0n) is 11.6. The fraction of sp³-hybridized carbons (Fsp3) is 0.312. The van der Waals surface area contributed by atoms with Gasteiger partial charge in [0.25, 0.3) is 0 Å². The van der Waals surface area contributed by atoms with E-state index in [0.717, 1.165) is 29.0 Å². The van der Waals surface area contributed by atoms with Crippen molar-refractivity contribution in [3.8, 4) is 0 Å². The maximum Gasteiger partial charge on any atom is 0.246 e. The molecule has 0 radical (unpaired) electrons. The van der Waals surface area contributed by atoms with Crippen LogP contribution in [-0.2, 0) is 11.2 Å². The second kappa shape index (κ2) is 5.13. The second-order valence-corrected chi connectivity index (χ2v) is 5.36. The summed E-state index contributed by atoms with van der Waals surface area (Å²) < 4.78 is 5.34. The number of amides is 1. The minimum atomic E-state index is -0.283. The highest BCUT2D eigenvalue weighted by atomic mass is 16.3. The molecule has 1 aromatic heterocycles. The molecule has 2 unspecified atom stereocenters. The van der Waals surface area contributed by atoms with Crippen LogP contribution in [0.15, 0.2) is 41.0 Å². The summed E-state index contributed by atoms with van der Waals surface area (Å²) in [6.07, 6.45) is 2.43. The van der Waals surface area contributed by atoms with Crippen LogP contribution in [0.25, 0.3) is 0 Å². The first-order chi connectivity index (χ1) is 9.63. The van der Waals surface area contributed by atoms with E-state index in [9.17, 15) is 4.79 Å². The number of anilines is 1. The summed E-state index contributed by atoms with van der Waals surface area (Å²) in [5, 5.41) is 6.29. The molecular weight excluding hydrogens is 252 g/mol. The summed E-state index contributed by atoms with van der Waals surface area (Å²) in [4.78, 5) is 12.1. The quantitative estimate of drug-likeness (QED) is 0.898. The predicted octanol–water partition coefficient (Wildman–Crippen LogP) is 2.80. The van der Waals surface area contributed by atoms with Crippen molar-refractivity contribution in [3.05, 3.63) is 53.5 Å². The highest BCUT2D eigenvalue weighted by molar-refractivity contribution is 6.02. The number of benzene rings is 1. The lowest BCUT2D eigenvalue weighted by Gasteiger charge is -2.17. The Morgan fingerprint density at radius 2 is 2.25 bits per heavy atom. The van der Waals surface area contributed by atoms with Crippen LogP contribution in [-0.4, -0.2) is 11.9 Å². The molecule has 3 rings (SSSR count). The molecular formula is C16H18N2O2. The van der Waals surface area contributed by atoms with Crippen LogP contribution in [0.2, 0.25) is 0 Å². The van der Waals surface area contributed by atoms with Crippen molar-refractivity contribution >= 4 is 11.6 Å². The van der Waals surface area contributed by atoms with Gasteiger partial charge in [-0.15, -0.1) is 0 Å². The highest BCUT2D eigenvalue weighted by Crippen LogP contribution is 2.31. The average Bonchev–Trinajstić information content (AvgIpc) is 3.00. The molecule has 2 aromatic rings. The molecule has 0 spiro atoms. The van der Waals surface area contributed by atoms with Gasteiger partial charge in [0.15, 0.2) is 0 Å². The minimum Gasteiger partial charge on any atom is -0.469 e. The van der Waals surface area contributed by atoms with Gasteiger partial charge >= 0.3 is 0 Å². The molecule has 0 bridgehead atoms. The fourth-order valence-electron chi connectivity index (χ4n) is 2.62. The van der Waals surface area contributed by atoms with Crippen molar-refractivity contribution in [3.63, 3.8) is 0 Å². The molecule has 0 aliphatic carbocycles. The monoisotopic (exact) mass is 270 g/mol. The molecule has 0 saturated heterocycles. The molecule has 4 nitrogen and oxygen atoms in total. The summed E-state index contributed by atoms with van der Waals surface area (Å²) in [6.45, 7) is 4.09. The molecule has 2 N–H and O–H groups in total. The first-order valence-corrected chi connectivity index (χ1v) is 6.83. The van der Waals surface area contributed by atoms with Gasteiger partial charge in [-0.25, -0.2) is 0 Å². The lowest BCUT2D eigenvalue weighted by Crippen LogP contribution is -2.35. The summed E-state index contributed by atoms with van der Waals surface area (Å²) in [5.74, 6) is 0.935. The summed E-state index contributed by atoms with van der Waals surface area (Å²) in [6, 6.07) is 9.73. The number of fused-ring (bicyclic) bond motifs is 1. The lowest BCUT2D eigenvalue weighted by atomic mass is 10.0. The fourth-order valence-corrected chi connectivity index (χ4v) is 2.62. The SMILES string of the molecule is Cc1ccc2c(c1)C(NC(C)Cc1ccco1)C(=O)N2. The minimum absolute atomic E-state index is 0.0110. The largest absolute Gasteiger partial charge is 0.469 e. The summed E-state index contributed by atoms with van der Waals surface area (Å²) in [7, 11) is 0. The van der Waals surface area contributed by atoms with E-state index in [1.165, 1.54) is 0 Å². The van der Waals surface area contributed by atoms with Gasteiger partial charge in [-0.2, -0.15) is 0 Å². The Morgan fingerprint density at radius 3 is 3.00 bits per heavy atom. The Hall–Kier alpha value is -2.07. The zero-order chi connectivity index (χ0) is 14.1. The van der Waals surface area contributed by atoms with Gasteiger partial charge in [0.1, 0.15) is 11.8 Å². The summed E-state index contributed by atoms with van der Waals surface area (Å²) in [5.41, 5.74) is 3.09. The Kier molecular flexibility index (Phi) is 3.32. The molecule has 4 heteroatoms. The van der Waals surface area contributed by atoms with Crippen LogP contribution >= 0.6 is 0 Å². The van der Waals surface area contributed by atoms with Crippen molar-refractivity contribution in [1.29, 1.82) is 0 Å². The summed E-state index contributed by atoms with van der Waals surface area (Å²) >= 11 is 0. The normalized spacial score (nSPS) is 18.7. The average molecular weight is 270 g/mol. The van der Waals surface area contributed by atoms with Crippen LogP contribution in [0.3, 0.4) is 0 Å². The smallest absolute Gasteiger partial charge is 0.246 e. The predicted molar refractivity (Wildman–Crippen MR) is 77.6 cm³/mol. The van der Waals surface area contributed by atoms with Gasteiger partial charge in [-0.1, -0.05) is 17.7 Å². The van der Waals surface area contributed by atoms with Gasteiger partial charge in [-0.3, -0.25) is 10.1 Å². The van der Waals surface area contributed by atoms with Crippen molar-refractivity contribution < 1.29 is 9.21 Å². The van der Waals surface area contributed by atoms with Crippen LogP contribution < -0.4 is 10.6 Å².